The minimum Gasteiger partial charge on any atom is -0.314 e. The van der Waals surface area contributed by atoms with Gasteiger partial charge in [0.05, 0.1) is 0 Å². The van der Waals surface area contributed by atoms with Crippen molar-refractivity contribution in [2.45, 2.75) is 71.3 Å². The van der Waals surface area contributed by atoms with Crippen LogP contribution in [-0.2, 0) is 0 Å². The lowest BCUT2D eigenvalue weighted by atomic mass is 9.75. The summed E-state index contributed by atoms with van der Waals surface area (Å²) in [6.45, 7) is 10.2. The van der Waals surface area contributed by atoms with Crippen molar-refractivity contribution in [3.63, 3.8) is 0 Å². The van der Waals surface area contributed by atoms with Crippen LogP contribution in [0.5, 0.6) is 0 Å². The number of hydrogen-bond donors (Lipinski definition) is 1. The fourth-order valence-electron chi connectivity index (χ4n) is 3.41. The number of hydrogen-bond acceptors (Lipinski definition) is 1. The van der Waals surface area contributed by atoms with E-state index in [2.05, 4.69) is 57.3 Å². The molecule has 2 unspecified atom stereocenters. The summed E-state index contributed by atoms with van der Waals surface area (Å²) in [5.41, 5.74) is 3.02. The van der Waals surface area contributed by atoms with Crippen molar-refractivity contribution in [1.82, 2.24) is 5.32 Å². The molecular weight excluding hydrogens is 242 g/mol. The van der Waals surface area contributed by atoms with Crippen molar-refractivity contribution in [1.29, 1.82) is 0 Å². The van der Waals surface area contributed by atoms with Crippen LogP contribution in [0.4, 0.5) is 0 Å². The standard InChI is InChI=1S/C19H31N/c1-14(2)16-9-11-17(12-10-16)19-8-6-5-7-18(19)13-20-15(3)4/h9-12,14-15,18-20H,5-8,13H2,1-4H3. The predicted molar refractivity (Wildman–Crippen MR) is 88.4 cm³/mol. The first-order valence-electron chi connectivity index (χ1n) is 8.41. The van der Waals surface area contributed by atoms with Gasteiger partial charge < -0.3 is 5.32 Å². The highest BCUT2D eigenvalue weighted by Crippen LogP contribution is 2.37. The van der Waals surface area contributed by atoms with E-state index in [1.807, 2.05) is 0 Å². The summed E-state index contributed by atoms with van der Waals surface area (Å²) in [7, 11) is 0. The van der Waals surface area contributed by atoms with Crippen molar-refractivity contribution < 1.29 is 0 Å². The number of nitrogens with one attached hydrogen (secondary N) is 1. The first-order chi connectivity index (χ1) is 9.58. The first-order valence-corrected chi connectivity index (χ1v) is 8.41. The molecule has 1 saturated carbocycles. The van der Waals surface area contributed by atoms with E-state index >= 15 is 0 Å². The molecule has 2 atom stereocenters. The Bertz CT molecular complexity index is 391. The molecule has 1 fully saturated rings. The van der Waals surface area contributed by atoms with E-state index in [9.17, 15) is 0 Å². The van der Waals surface area contributed by atoms with Crippen LogP contribution >= 0.6 is 0 Å². The summed E-state index contributed by atoms with van der Waals surface area (Å²) >= 11 is 0. The Morgan fingerprint density at radius 1 is 1.00 bits per heavy atom. The molecule has 0 heterocycles. The van der Waals surface area contributed by atoms with Crippen molar-refractivity contribution >= 4 is 0 Å². The van der Waals surface area contributed by atoms with E-state index in [4.69, 9.17) is 0 Å². The molecule has 20 heavy (non-hydrogen) atoms. The molecule has 0 spiro atoms. The van der Waals surface area contributed by atoms with E-state index in [1.165, 1.54) is 37.8 Å². The van der Waals surface area contributed by atoms with Crippen molar-refractivity contribution in [2.75, 3.05) is 6.54 Å². The summed E-state index contributed by atoms with van der Waals surface area (Å²) in [6, 6.07) is 10.0. The number of benzene rings is 1. The van der Waals surface area contributed by atoms with Crippen LogP contribution < -0.4 is 5.32 Å². The summed E-state index contributed by atoms with van der Waals surface area (Å²) in [5, 5.41) is 3.64. The van der Waals surface area contributed by atoms with Gasteiger partial charge in [-0.1, -0.05) is 64.8 Å². The molecule has 0 saturated heterocycles. The largest absolute Gasteiger partial charge is 0.314 e. The maximum atomic E-state index is 3.64. The van der Waals surface area contributed by atoms with Crippen LogP contribution in [0.1, 0.15) is 76.3 Å². The molecule has 2 rings (SSSR count). The molecule has 1 heteroatoms. The van der Waals surface area contributed by atoms with Crippen LogP contribution in [0.25, 0.3) is 0 Å². The maximum Gasteiger partial charge on any atom is 0.00104 e. The lowest BCUT2D eigenvalue weighted by Crippen LogP contribution is -2.33. The second kappa shape index (κ2) is 7.26. The SMILES string of the molecule is CC(C)NCC1CCCCC1c1ccc(C(C)C)cc1. The van der Waals surface area contributed by atoms with Crippen LogP contribution in [0.2, 0.25) is 0 Å². The zero-order valence-electron chi connectivity index (χ0n) is 13.7. The van der Waals surface area contributed by atoms with Crippen LogP contribution in [0.15, 0.2) is 24.3 Å². The molecule has 112 valence electrons. The predicted octanol–water partition coefficient (Wildman–Crippen LogP) is 5.08. The van der Waals surface area contributed by atoms with Gasteiger partial charge in [-0.05, 0) is 48.3 Å². The van der Waals surface area contributed by atoms with Gasteiger partial charge in [0.1, 0.15) is 0 Å². The highest BCUT2D eigenvalue weighted by molar-refractivity contribution is 5.28. The molecule has 0 radical (unpaired) electrons. The zero-order valence-corrected chi connectivity index (χ0v) is 13.7. The monoisotopic (exact) mass is 273 g/mol. The van der Waals surface area contributed by atoms with Crippen molar-refractivity contribution in [3.05, 3.63) is 35.4 Å². The zero-order chi connectivity index (χ0) is 14.5. The highest BCUT2D eigenvalue weighted by atomic mass is 14.9. The molecule has 1 nitrogen and oxygen atoms in total. The van der Waals surface area contributed by atoms with E-state index in [1.54, 1.807) is 5.56 Å². The Balaban J connectivity index is 2.06. The smallest absolute Gasteiger partial charge is 0.00104 e. The Kier molecular flexibility index (Phi) is 5.65. The molecular formula is C19H31N. The lowest BCUT2D eigenvalue weighted by Gasteiger charge is -2.33. The topological polar surface area (TPSA) is 12.0 Å². The van der Waals surface area contributed by atoms with E-state index in [0.29, 0.717) is 12.0 Å². The Hall–Kier alpha value is -0.820. The quantitative estimate of drug-likeness (QED) is 0.788. The average molecular weight is 273 g/mol. The third-order valence-electron chi connectivity index (χ3n) is 4.73. The Morgan fingerprint density at radius 2 is 1.65 bits per heavy atom. The number of rotatable bonds is 5. The van der Waals surface area contributed by atoms with Gasteiger partial charge in [0.25, 0.3) is 0 Å². The molecule has 0 bridgehead atoms. The summed E-state index contributed by atoms with van der Waals surface area (Å²) in [5.74, 6) is 2.21. The fraction of sp³-hybridized carbons (Fsp3) is 0.684. The van der Waals surface area contributed by atoms with Gasteiger partial charge in [0, 0.05) is 6.04 Å². The van der Waals surface area contributed by atoms with E-state index in [-0.39, 0.29) is 0 Å². The Labute approximate surface area is 125 Å². The second-order valence-electron chi connectivity index (χ2n) is 7.04. The van der Waals surface area contributed by atoms with Gasteiger partial charge >= 0.3 is 0 Å². The van der Waals surface area contributed by atoms with E-state index < -0.39 is 0 Å². The molecule has 1 aliphatic carbocycles. The molecule has 1 aromatic carbocycles. The summed E-state index contributed by atoms with van der Waals surface area (Å²) in [6.07, 6.45) is 5.56. The molecule has 0 aromatic heterocycles. The molecule has 0 aliphatic heterocycles. The van der Waals surface area contributed by atoms with Gasteiger partial charge in [-0.3, -0.25) is 0 Å². The van der Waals surface area contributed by atoms with Crippen LogP contribution in [0.3, 0.4) is 0 Å². The van der Waals surface area contributed by atoms with Gasteiger partial charge in [-0.25, -0.2) is 0 Å². The van der Waals surface area contributed by atoms with Gasteiger partial charge in [0.2, 0.25) is 0 Å². The molecule has 1 aromatic rings. The highest BCUT2D eigenvalue weighted by Gasteiger charge is 2.26. The fourth-order valence-corrected chi connectivity index (χ4v) is 3.41. The maximum absolute atomic E-state index is 3.64. The molecule has 1 aliphatic rings. The van der Waals surface area contributed by atoms with Gasteiger partial charge in [-0.15, -0.1) is 0 Å². The van der Waals surface area contributed by atoms with Gasteiger partial charge in [-0.2, -0.15) is 0 Å². The van der Waals surface area contributed by atoms with Crippen molar-refractivity contribution in [3.8, 4) is 0 Å². The second-order valence-corrected chi connectivity index (χ2v) is 7.04. The van der Waals surface area contributed by atoms with Crippen molar-refractivity contribution in [2.24, 2.45) is 5.92 Å². The van der Waals surface area contributed by atoms with Gasteiger partial charge in [0.15, 0.2) is 0 Å². The van der Waals surface area contributed by atoms with Crippen LogP contribution in [-0.4, -0.2) is 12.6 Å². The lowest BCUT2D eigenvalue weighted by molar-refractivity contribution is 0.289. The minimum atomic E-state index is 0.598. The third-order valence-corrected chi connectivity index (χ3v) is 4.73. The van der Waals surface area contributed by atoms with E-state index in [0.717, 1.165) is 11.8 Å². The minimum absolute atomic E-state index is 0.598. The third kappa shape index (κ3) is 4.09. The normalized spacial score (nSPS) is 23.5. The summed E-state index contributed by atoms with van der Waals surface area (Å²) in [4.78, 5) is 0. The molecule has 0 amide bonds. The average Bonchev–Trinajstić information content (AvgIpc) is 2.45. The Morgan fingerprint density at radius 3 is 2.25 bits per heavy atom. The summed E-state index contributed by atoms with van der Waals surface area (Å²) < 4.78 is 0. The first kappa shape index (κ1) is 15.6. The van der Waals surface area contributed by atoms with Crippen LogP contribution in [0, 0.1) is 5.92 Å². The molecule has 1 N–H and O–H groups in total.